The van der Waals surface area contributed by atoms with Crippen molar-refractivity contribution in [1.82, 2.24) is 10.9 Å². The highest BCUT2D eigenvalue weighted by molar-refractivity contribution is 7.99. The standard InChI is InChI=1S/C22H28N2O4S/c1-3-4-13-28-19-11-10-18(15-20(19)27-2)22(26)24-23-21(25)16-29-14-12-17-8-6-5-7-9-17/h5-11,15H,3-4,12-14,16H2,1-2H3,(H,23,25)(H,24,26). The molecule has 0 atom stereocenters. The molecule has 0 unspecified atom stereocenters. The van der Waals surface area contributed by atoms with Crippen LogP contribution in [0.5, 0.6) is 11.5 Å². The fourth-order valence-electron chi connectivity index (χ4n) is 2.49. The van der Waals surface area contributed by atoms with Gasteiger partial charge in [0.15, 0.2) is 11.5 Å². The molecular formula is C22H28N2O4S. The van der Waals surface area contributed by atoms with E-state index < -0.39 is 5.91 Å². The van der Waals surface area contributed by atoms with Crippen LogP contribution in [0.1, 0.15) is 35.7 Å². The summed E-state index contributed by atoms with van der Waals surface area (Å²) in [5.41, 5.74) is 6.49. The normalized spacial score (nSPS) is 10.3. The summed E-state index contributed by atoms with van der Waals surface area (Å²) in [4.78, 5) is 24.2. The summed E-state index contributed by atoms with van der Waals surface area (Å²) in [6.45, 7) is 2.68. The average molecular weight is 417 g/mol. The van der Waals surface area contributed by atoms with E-state index in [1.54, 1.807) is 18.2 Å². The van der Waals surface area contributed by atoms with E-state index in [1.165, 1.54) is 24.4 Å². The van der Waals surface area contributed by atoms with Crippen LogP contribution in [0.2, 0.25) is 0 Å². The lowest BCUT2D eigenvalue weighted by atomic mass is 10.2. The van der Waals surface area contributed by atoms with Gasteiger partial charge in [-0.1, -0.05) is 43.7 Å². The minimum Gasteiger partial charge on any atom is -0.493 e. The maximum absolute atomic E-state index is 12.3. The second-order valence-electron chi connectivity index (χ2n) is 6.36. The van der Waals surface area contributed by atoms with E-state index in [2.05, 4.69) is 29.9 Å². The molecule has 2 aromatic carbocycles. The Kier molecular flexibility index (Phi) is 9.92. The Balaban J connectivity index is 1.74. The largest absolute Gasteiger partial charge is 0.493 e. The van der Waals surface area contributed by atoms with Crippen LogP contribution in [0.25, 0.3) is 0 Å². The van der Waals surface area contributed by atoms with Gasteiger partial charge in [-0.05, 0) is 42.4 Å². The van der Waals surface area contributed by atoms with Gasteiger partial charge >= 0.3 is 0 Å². The molecule has 7 heteroatoms. The Morgan fingerprint density at radius 3 is 2.55 bits per heavy atom. The second-order valence-corrected chi connectivity index (χ2v) is 7.46. The molecule has 2 amide bonds. The summed E-state index contributed by atoms with van der Waals surface area (Å²) in [5, 5.41) is 0. The number of benzene rings is 2. The van der Waals surface area contributed by atoms with Crippen molar-refractivity contribution in [3.63, 3.8) is 0 Å². The minimum atomic E-state index is -0.411. The van der Waals surface area contributed by atoms with E-state index >= 15 is 0 Å². The van der Waals surface area contributed by atoms with Gasteiger partial charge in [-0.3, -0.25) is 20.4 Å². The highest BCUT2D eigenvalue weighted by atomic mass is 32.2. The number of ether oxygens (including phenoxy) is 2. The van der Waals surface area contributed by atoms with E-state index in [9.17, 15) is 9.59 Å². The first-order chi connectivity index (χ1) is 14.1. The molecule has 156 valence electrons. The van der Waals surface area contributed by atoms with Crippen molar-refractivity contribution >= 4 is 23.6 Å². The number of unbranched alkanes of at least 4 members (excludes halogenated alkanes) is 1. The Morgan fingerprint density at radius 1 is 1.03 bits per heavy atom. The topological polar surface area (TPSA) is 76.7 Å². The molecular weight excluding hydrogens is 388 g/mol. The van der Waals surface area contributed by atoms with Crippen LogP contribution in [0.4, 0.5) is 0 Å². The molecule has 0 aliphatic heterocycles. The molecule has 0 aliphatic carbocycles. The van der Waals surface area contributed by atoms with Gasteiger partial charge in [0.05, 0.1) is 19.5 Å². The Morgan fingerprint density at radius 2 is 1.83 bits per heavy atom. The number of hydrogen-bond donors (Lipinski definition) is 2. The molecule has 2 rings (SSSR count). The Labute approximate surface area is 176 Å². The van der Waals surface area contributed by atoms with Gasteiger partial charge in [-0.15, -0.1) is 0 Å². The highest BCUT2D eigenvalue weighted by Crippen LogP contribution is 2.28. The smallest absolute Gasteiger partial charge is 0.269 e. The van der Waals surface area contributed by atoms with Crippen molar-refractivity contribution in [2.75, 3.05) is 25.2 Å². The third kappa shape index (κ3) is 8.07. The van der Waals surface area contributed by atoms with Crippen LogP contribution in [0.15, 0.2) is 48.5 Å². The molecule has 0 saturated carbocycles. The lowest BCUT2D eigenvalue weighted by Crippen LogP contribution is -2.42. The van der Waals surface area contributed by atoms with Crippen molar-refractivity contribution < 1.29 is 19.1 Å². The minimum absolute atomic E-state index is 0.247. The molecule has 0 heterocycles. The van der Waals surface area contributed by atoms with E-state index in [4.69, 9.17) is 9.47 Å². The van der Waals surface area contributed by atoms with Gasteiger partial charge in [0.2, 0.25) is 5.91 Å². The predicted molar refractivity (Wildman–Crippen MR) is 116 cm³/mol. The highest BCUT2D eigenvalue weighted by Gasteiger charge is 2.12. The predicted octanol–water partition coefficient (Wildman–Crippen LogP) is 3.61. The molecule has 0 bridgehead atoms. The summed E-state index contributed by atoms with van der Waals surface area (Å²) in [6, 6.07) is 15.0. The van der Waals surface area contributed by atoms with E-state index in [0.717, 1.165) is 25.0 Å². The zero-order valence-electron chi connectivity index (χ0n) is 16.9. The van der Waals surface area contributed by atoms with Crippen LogP contribution >= 0.6 is 11.8 Å². The molecule has 0 spiro atoms. The van der Waals surface area contributed by atoms with E-state index in [1.807, 2.05) is 18.2 Å². The Bertz CT molecular complexity index is 784. The van der Waals surface area contributed by atoms with Crippen LogP contribution in [0, 0.1) is 0 Å². The summed E-state index contributed by atoms with van der Waals surface area (Å²) < 4.78 is 11.0. The first-order valence-electron chi connectivity index (χ1n) is 9.65. The van der Waals surface area contributed by atoms with Crippen molar-refractivity contribution in [3.05, 3.63) is 59.7 Å². The van der Waals surface area contributed by atoms with Crippen LogP contribution < -0.4 is 20.3 Å². The van der Waals surface area contributed by atoms with Gasteiger partial charge in [0.25, 0.3) is 5.91 Å². The quantitative estimate of drug-likeness (QED) is 0.432. The molecule has 2 N–H and O–H groups in total. The molecule has 0 saturated heterocycles. The number of amides is 2. The number of thioether (sulfide) groups is 1. The number of hydrogen-bond acceptors (Lipinski definition) is 5. The van der Waals surface area contributed by atoms with Crippen molar-refractivity contribution in [3.8, 4) is 11.5 Å². The molecule has 2 aromatic rings. The van der Waals surface area contributed by atoms with Gasteiger partial charge < -0.3 is 9.47 Å². The zero-order valence-corrected chi connectivity index (χ0v) is 17.7. The number of hydrazine groups is 1. The summed E-state index contributed by atoms with van der Waals surface area (Å²) in [5.74, 6) is 1.53. The fraction of sp³-hybridized carbons (Fsp3) is 0.364. The monoisotopic (exact) mass is 416 g/mol. The van der Waals surface area contributed by atoms with Crippen molar-refractivity contribution in [1.29, 1.82) is 0 Å². The van der Waals surface area contributed by atoms with Crippen LogP contribution in [0.3, 0.4) is 0 Å². The van der Waals surface area contributed by atoms with Crippen LogP contribution in [-0.4, -0.2) is 37.0 Å². The summed E-state index contributed by atoms with van der Waals surface area (Å²) in [6.07, 6.45) is 2.88. The number of carbonyl (C=O) groups is 2. The summed E-state index contributed by atoms with van der Waals surface area (Å²) >= 11 is 1.52. The van der Waals surface area contributed by atoms with Crippen LogP contribution in [-0.2, 0) is 11.2 Å². The number of carbonyl (C=O) groups excluding carboxylic acids is 2. The van der Waals surface area contributed by atoms with Gasteiger partial charge in [0, 0.05) is 5.56 Å². The van der Waals surface area contributed by atoms with Gasteiger partial charge in [0.1, 0.15) is 0 Å². The third-order valence-corrected chi connectivity index (χ3v) is 5.07. The Hall–Kier alpha value is -2.67. The first kappa shape index (κ1) is 22.6. The first-order valence-corrected chi connectivity index (χ1v) is 10.8. The number of methoxy groups -OCH3 is 1. The lowest BCUT2D eigenvalue weighted by Gasteiger charge is -2.12. The molecule has 0 fully saturated rings. The maximum Gasteiger partial charge on any atom is 0.269 e. The van der Waals surface area contributed by atoms with Crippen molar-refractivity contribution in [2.24, 2.45) is 0 Å². The van der Waals surface area contributed by atoms with E-state index in [0.29, 0.717) is 23.7 Å². The lowest BCUT2D eigenvalue weighted by molar-refractivity contribution is -0.119. The third-order valence-electron chi connectivity index (χ3n) is 4.11. The number of rotatable bonds is 11. The molecule has 6 nitrogen and oxygen atoms in total. The molecule has 0 aliphatic rings. The average Bonchev–Trinajstić information content (AvgIpc) is 2.76. The fourth-order valence-corrected chi connectivity index (χ4v) is 3.27. The SMILES string of the molecule is CCCCOc1ccc(C(=O)NNC(=O)CSCCc2ccccc2)cc1OC. The van der Waals surface area contributed by atoms with Crippen molar-refractivity contribution in [2.45, 2.75) is 26.2 Å². The molecule has 0 radical (unpaired) electrons. The molecule has 29 heavy (non-hydrogen) atoms. The summed E-state index contributed by atoms with van der Waals surface area (Å²) in [7, 11) is 1.53. The zero-order chi connectivity index (χ0) is 20.9. The number of nitrogens with one attached hydrogen (secondary N) is 2. The van der Waals surface area contributed by atoms with Gasteiger partial charge in [-0.2, -0.15) is 11.8 Å². The van der Waals surface area contributed by atoms with E-state index in [-0.39, 0.29) is 11.7 Å². The number of aryl methyl sites for hydroxylation is 1. The van der Waals surface area contributed by atoms with Gasteiger partial charge in [-0.25, -0.2) is 0 Å². The molecule has 0 aromatic heterocycles. The second kappa shape index (κ2) is 12.7. The maximum atomic E-state index is 12.3.